The van der Waals surface area contributed by atoms with E-state index in [1.807, 2.05) is 6.07 Å². The summed E-state index contributed by atoms with van der Waals surface area (Å²) >= 11 is 0. The number of nitrogens with zero attached hydrogens (tertiary/aromatic N) is 4. The van der Waals surface area contributed by atoms with E-state index in [1.165, 1.54) is 18.8 Å². The number of pyridine rings is 1. The third kappa shape index (κ3) is 9.55. The van der Waals surface area contributed by atoms with Crippen molar-refractivity contribution in [2.45, 2.75) is 77.7 Å². The second kappa shape index (κ2) is 14.0. The van der Waals surface area contributed by atoms with Gasteiger partial charge in [-0.05, 0) is 56.7 Å². The van der Waals surface area contributed by atoms with Crippen LogP contribution in [0.1, 0.15) is 70.3 Å². The van der Waals surface area contributed by atoms with Crippen LogP contribution in [0.3, 0.4) is 0 Å². The molecule has 0 fully saturated rings. The van der Waals surface area contributed by atoms with Crippen molar-refractivity contribution in [3.05, 3.63) is 41.5 Å². The maximum Gasteiger partial charge on any atom is 0.326 e. The van der Waals surface area contributed by atoms with Crippen LogP contribution in [-0.2, 0) is 27.8 Å². The van der Waals surface area contributed by atoms with Crippen LogP contribution in [0.4, 0.5) is 11.6 Å². The van der Waals surface area contributed by atoms with Gasteiger partial charge in [0.1, 0.15) is 24.0 Å². The van der Waals surface area contributed by atoms with Gasteiger partial charge in [0, 0.05) is 50.3 Å². The summed E-state index contributed by atoms with van der Waals surface area (Å²) in [5.41, 5.74) is 3.07. The SMILES string of the molecule is CC(=O)NCCN(CCCCc1ccc2c(n1)NCCC2)CCC(Nc1cc(C(C)(C)C)ncn1)C(=O)O. The number of carbonyl (C=O) groups excluding carboxylic acids is 1. The quantitative estimate of drug-likeness (QED) is 0.274. The fourth-order valence-corrected chi connectivity index (χ4v) is 4.47. The predicted octanol–water partition coefficient (Wildman–Crippen LogP) is 3.24. The van der Waals surface area contributed by atoms with E-state index < -0.39 is 12.0 Å². The Balaban J connectivity index is 1.53. The first kappa shape index (κ1) is 29.3. The van der Waals surface area contributed by atoms with E-state index in [1.54, 1.807) is 0 Å². The van der Waals surface area contributed by atoms with Gasteiger partial charge in [0.05, 0.1) is 5.69 Å². The number of aryl methyl sites for hydroxylation is 2. The number of nitrogens with one attached hydrogen (secondary N) is 3. The van der Waals surface area contributed by atoms with E-state index >= 15 is 0 Å². The van der Waals surface area contributed by atoms with Crippen molar-refractivity contribution in [3.8, 4) is 0 Å². The van der Waals surface area contributed by atoms with Crippen molar-refractivity contribution in [2.75, 3.05) is 43.4 Å². The lowest BCUT2D eigenvalue weighted by molar-refractivity contribution is -0.138. The van der Waals surface area contributed by atoms with Crippen LogP contribution in [0.5, 0.6) is 0 Å². The minimum absolute atomic E-state index is 0.0689. The second-order valence-corrected chi connectivity index (χ2v) is 11.0. The molecule has 208 valence electrons. The lowest BCUT2D eigenvalue weighted by Gasteiger charge is -2.25. The third-order valence-corrected chi connectivity index (χ3v) is 6.70. The molecule has 0 bridgehead atoms. The molecule has 4 N–H and O–H groups in total. The number of aliphatic carboxylic acids is 1. The Bertz CT molecular complexity index is 1070. The number of carbonyl (C=O) groups is 2. The van der Waals surface area contributed by atoms with Crippen LogP contribution in [0.25, 0.3) is 0 Å². The Morgan fingerprint density at radius 2 is 1.97 bits per heavy atom. The Kier molecular flexibility index (Phi) is 10.8. The van der Waals surface area contributed by atoms with Crippen LogP contribution in [-0.4, -0.2) is 75.6 Å². The second-order valence-electron chi connectivity index (χ2n) is 11.0. The van der Waals surface area contributed by atoms with Gasteiger partial charge >= 0.3 is 5.97 Å². The van der Waals surface area contributed by atoms with Gasteiger partial charge in [0.15, 0.2) is 0 Å². The monoisotopic (exact) mass is 525 g/mol. The molecule has 10 heteroatoms. The Hall–Kier alpha value is -3.27. The number of amides is 1. The molecule has 0 spiro atoms. The molecule has 0 saturated carbocycles. The molecule has 2 aromatic heterocycles. The minimum Gasteiger partial charge on any atom is -0.480 e. The van der Waals surface area contributed by atoms with E-state index in [4.69, 9.17) is 4.98 Å². The van der Waals surface area contributed by atoms with Gasteiger partial charge in [0.25, 0.3) is 0 Å². The largest absolute Gasteiger partial charge is 0.480 e. The van der Waals surface area contributed by atoms with Gasteiger partial charge in [0.2, 0.25) is 5.91 Å². The van der Waals surface area contributed by atoms with Crippen molar-refractivity contribution < 1.29 is 14.7 Å². The van der Waals surface area contributed by atoms with Gasteiger partial charge in [-0.3, -0.25) is 4.79 Å². The molecule has 10 nitrogen and oxygen atoms in total. The lowest BCUT2D eigenvalue weighted by Crippen LogP contribution is -2.39. The number of aromatic nitrogens is 3. The zero-order chi connectivity index (χ0) is 27.5. The molecule has 3 heterocycles. The predicted molar refractivity (Wildman–Crippen MR) is 150 cm³/mol. The summed E-state index contributed by atoms with van der Waals surface area (Å²) in [6, 6.07) is 5.34. The number of hydrogen-bond donors (Lipinski definition) is 4. The number of carboxylic acid groups (broad SMARTS) is 1. The Morgan fingerprint density at radius 3 is 2.71 bits per heavy atom. The zero-order valence-electron chi connectivity index (χ0n) is 23.2. The number of fused-ring (bicyclic) bond motifs is 1. The first-order valence-electron chi connectivity index (χ1n) is 13.6. The first-order chi connectivity index (χ1) is 18.1. The van der Waals surface area contributed by atoms with Gasteiger partial charge < -0.3 is 26.0 Å². The van der Waals surface area contributed by atoms with Crippen molar-refractivity contribution in [1.82, 2.24) is 25.2 Å². The molecule has 1 amide bonds. The third-order valence-electron chi connectivity index (χ3n) is 6.70. The molecule has 3 rings (SSSR count). The van der Waals surface area contributed by atoms with E-state index in [0.717, 1.165) is 62.4 Å². The fourth-order valence-electron chi connectivity index (χ4n) is 4.47. The van der Waals surface area contributed by atoms with Gasteiger partial charge in [-0.15, -0.1) is 0 Å². The van der Waals surface area contributed by atoms with Crippen molar-refractivity contribution in [3.63, 3.8) is 0 Å². The average molecular weight is 526 g/mol. The molecule has 0 aromatic carbocycles. The van der Waals surface area contributed by atoms with Crippen LogP contribution in [0.2, 0.25) is 0 Å². The number of unbranched alkanes of at least 4 members (excludes halogenated alkanes) is 1. The molecular formula is C28H43N7O3. The molecule has 38 heavy (non-hydrogen) atoms. The molecule has 0 saturated heterocycles. The van der Waals surface area contributed by atoms with Crippen LogP contribution in [0, 0.1) is 0 Å². The summed E-state index contributed by atoms with van der Waals surface area (Å²) in [7, 11) is 0. The molecule has 2 aromatic rings. The summed E-state index contributed by atoms with van der Waals surface area (Å²) < 4.78 is 0. The number of anilines is 2. The molecule has 0 aliphatic carbocycles. The number of rotatable bonds is 14. The molecular weight excluding hydrogens is 482 g/mol. The van der Waals surface area contributed by atoms with Gasteiger partial charge in [-0.2, -0.15) is 0 Å². The van der Waals surface area contributed by atoms with Gasteiger partial charge in [-0.25, -0.2) is 19.7 Å². The summed E-state index contributed by atoms with van der Waals surface area (Å²) in [6.07, 6.45) is 6.95. The summed E-state index contributed by atoms with van der Waals surface area (Å²) in [5.74, 6) is 0.542. The topological polar surface area (TPSA) is 132 Å². The first-order valence-corrected chi connectivity index (χ1v) is 13.6. The van der Waals surface area contributed by atoms with Crippen molar-refractivity contribution in [2.24, 2.45) is 0 Å². The van der Waals surface area contributed by atoms with Crippen LogP contribution >= 0.6 is 0 Å². The smallest absolute Gasteiger partial charge is 0.326 e. The summed E-state index contributed by atoms with van der Waals surface area (Å²) in [5, 5.41) is 19.2. The van der Waals surface area contributed by atoms with Crippen molar-refractivity contribution >= 4 is 23.5 Å². The van der Waals surface area contributed by atoms with E-state index in [-0.39, 0.29) is 11.3 Å². The highest BCUT2D eigenvalue weighted by Crippen LogP contribution is 2.22. The Labute approximate surface area is 226 Å². The highest BCUT2D eigenvalue weighted by atomic mass is 16.4. The maximum atomic E-state index is 12.0. The van der Waals surface area contributed by atoms with E-state index in [9.17, 15) is 14.7 Å². The van der Waals surface area contributed by atoms with Crippen LogP contribution < -0.4 is 16.0 Å². The van der Waals surface area contributed by atoms with E-state index in [0.29, 0.717) is 31.9 Å². The van der Waals surface area contributed by atoms with Gasteiger partial charge in [-0.1, -0.05) is 26.8 Å². The minimum atomic E-state index is -0.921. The highest BCUT2D eigenvalue weighted by molar-refractivity contribution is 5.76. The Morgan fingerprint density at radius 1 is 1.16 bits per heavy atom. The summed E-state index contributed by atoms with van der Waals surface area (Å²) in [6.45, 7) is 11.2. The fraction of sp³-hybridized carbons (Fsp3) is 0.607. The summed E-state index contributed by atoms with van der Waals surface area (Å²) in [4.78, 5) is 38.9. The number of carboxylic acids is 1. The van der Waals surface area contributed by atoms with Crippen molar-refractivity contribution in [1.29, 1.82) is 0 Å². The molecule has 0 radical (unpaired) electrons. The van der Waals surface area contributed by atoms with Crippen LogP contribution in [0.15, 0.2) is 24.5 Å². The zero-order valence-corrected chi connectivity index (χ0v) is 23.2. The molecule has 1 atom stereocenters. The molecule has 1 aliphatic heterocycles. The lowest BCUT2D eigenvalue weighted by atomic mass is 9.92. The number of hydrogen-bond acceptors (Lipinski definition) is 8. The van der Waals surface area contributed by atoms with E-state index in [2.05, 4.69) is 63.7 Å². The average Bonchev–Trinajstić information content (AvgIpc) is 2.87. The normalized spacial score (nSPS) is 13.9. The maximum absolute atomic E-state index is 12.0. The molecule has 1 aliphatic rings. The highest BCUT2D eigenvalue weighted by Gasteiger charge is 2.21. The standard InChI is InChI=1S/C28H43N7O3/c1-20(36)29-14-17-35(15-6-5-9-22-11-10-21-8-7-13-30-26(21)33-22)16-12-23(27(37)38)34-25-18-24(28(2,3)4)31-19-32-25/h10-11,18-19,23H,5-9,12-17H2,1-4H3,(H,29,36)(H,30,33)(H,37,38)(H,31,32,34). The molecule has 1 unspecified atom stereocenters.